The minimum absolute atomic E-state index is 0.0598. The summed E-state index contributed by atoms with van der Waals surface area (Å²) in [5, 5.41) is 10.6. The van der Waals surface area contributed by atoms with Crippen LogP contribution in [-0.2, 0) is 6.54 Å². The molecule has 0 aliphatic rings. The first-order valence-corrected chi connectivity index (χ1v) is 10.6. The minimum Gasteiger partial charge on any atom is -0.493 e. The molecule has 36 heavy (non-hydrogen) atoms. The molecule has 2 aromatic carbocycles. The highest BCUT2D eigenvalue weighted by molar-refractivity contribution is 5.94. The van der Waals surface area contributed by atoms with Crippen molar-refractivity contribution in [2.45, 2.75) is 19.8 Å². The maximum absolute atomic E-state index is 13.1. The van der Waals surface area contributed by atoms with E-state index in [9.17, 15) is 27.9 Å². The average Bonchev–Trinajstić information content (AvgIpc) is 3.06. The van der Waals surface area contributed by atoms with E-state index in [0.717, 1.165) is 16.7 Å². The lowest BCUT2D eigenvalue weighted by atomic mass is 10.2. The predicted octanol–water partition coefficient (Wildman–Crippen LogP) is 3.75. The molecule has 0 atom stereocenters. The van der Waals surface area contributed by atoms with Gasteiger partial charge in [0.25, 0.3) is 5.91 Å². The second-order valence-electron chi connectivity index (χ2n) is 7.65. The highest BCUT2D eigenvalue weighted by atomic mass is 19.4. The first-order valence-electron chi connectivity index (χ1n) is 10.6. The van der Waals surface area contributed by atoms with E-state index in [2.05, 4.69) is 20.6 Å². The Kier molecular flexibility index (Phi) is 6.68. The molecule has 0 fully saturated rings. The van der Waals surface area contributed by atoms with Crippen LogP contribution in [0.15, 0.2) is 77.7 Å². The Morgan fingerprint density at radius 3 is 2.44 bits per heavy atom. The second kappa shape index (κ2) is 9.86. The third-order valence-electron chi connectivity index (χ3n) is 5.20. The Balaban J connectivity index is 1.52. The molecule has 3 N–H and O–H groups in total. The van der Waals surface area contributed by atoms with Crippen LogP contribution in [0.3, 0.4) is 0 Å². The molecule has 12 heteroatoms. The number of amides is 1. The number of benzene rings is 2. The van der Waals surface area contributed by atoms with Gasteiger partial charge >= 0.3 is 12.1 Å². The van der Waals surface area contributed by atoms with Crippen LogP contribution in [-0.4, -0.2) is 31.5 Å². The average molecular weight is 499 g/mol. The Bertz CT molecular complexity index is 1430. The van der Waals surface area contributed by atoms with Crippen molar-refractivity contribution in [2.24, 2.45) is 0 Å². The summed E-state index contributed by atoms with van der Waals surface area (Å²) in [5.41, 5.74) is 6.16. The number of hydrazine groups is 1. The third-order valence-corrected chi connectivity index (χ3v) is 5.20. The molecule has 0 unspecified atom stereocenters. The summed E-state index contributed by atoms with van der Waals surface area (Å²) in [7, 11) is 0. The van der Waals surface area contributed by atoms with Gasteiger partial charge in [-0.25, -0.2) is 14.3 Å². The molecule has 1 amide bonds. The summed E-state index contributed by atoms with van der Waals surface area (Å²) in [6, 6.07) is 16.4. The first kappa shape index (κ1) is 24.4. The molecule has 0 saturated heterocycles. The lowest BCUT2D eigenvalue weighted by molar-refractivity contribution is -0.274. The van der Waals surface area contributed by atoms with E-state index in [1.54, 1.807) is 42.5 Å². The number of hydrogen-bond acceptors (Lipinski definition) is 6. The third kappa shape index (κ3) is 5.49. The van der Waals surface area contributed by atoms with Crippen molar-refractivity contribution in [3.63, 3.8) is 0 Å². The number of ether oxygens (including phenoxy) is 1. The van der Waals surface area contributed by atoms with Crippen molar-refractivity contribution < 1.29 is 27.8 Å². The zero-order chi connectivity index (χ0) is 25.9. The van der Waals surface area contributed by atoms with Gasteiger partial charge in [-0.15, -0.1) is 13.2 Å². The lowest BCUT2D eigenvalue weighted by Gasteiger charge is -2.10. The van der Waals surface area contributed by atoms with Crippen LogP contribution in [0.1, 0.15) is 21.6 Å². The highest BCUT2D eigenvalue weighted by Crippen LogP contribution is 2.26. The Morgan fingerprint density at radius 1 is 1.08 bits per heavy atom. The molecule has 0 saturated carbocycles. The van der Waals surface area contributed by atoms with Gasteiger partial charge in [0.2, 0.25) is 5.88 Å². The smallest absolute Gasteiger partial charge is 0.493 e. The number of nitrogens with zero attached hydrogens (tertiary/aromatic N) is 3. The summed E-state index contributed by atoms with van der Waals surface area (Å²) in [5.74, 6) is -0.840. The standard InChI is InChI=1S/C24H20F3N5O4/c1-15-22(34)32(18-7-9-19(10-8-18)36-24(25,26)27)23(35)31(15)14-16-11-12-28-20(13-16)29-30-21(33)17-5-3-2-4-6-17/h2-13,34H,14H2,1H3,(H,28,29)(H,30,33). The van der Waals surface area contributed by atoms with Gasteiger partial charge in [-0.1, -0.05) is 18.2 Å². The molecule has 0 aliphatic heterocycles. The monoisotopic (exact) mass is 499 g/mol. The van der Waals surface area contributed by atoms with Crippen LogP contribution < -0.4 is 21.3 Å². The molecular weight excluding hydrogens is 479 g/mol. The topological polar surface area (TPSA) is 110 Å². The molecule has 186 valence electrons. The van der Waals surface area contributed by atoms with Gasteiger partial charge in [0.15, 0.2) is 0 Å². The van der Waals surface area contributed by atoms with Crippen molar-refractivity contribution in [1.82, 2.24) is 19.5 Å². The summed E-state index contributed by atoms with van der Waals surface area (Å²) in [6.45, 7) is 1.60. The van der Waals surface area contributed by atoms with Gasteiger partial charge < -0.3 is 9.84 Å². The number of aromatic nitrogens is 3. The molecule has 4 aromatic rings. The van der Waals surface area contributed by atoms with Gasteiger partial charge in [-0.3, -0.25) is 20.2 Å². The molecule has 0 bridgehead atoms. The van der Waals surface area contributed by atoms with Crippen LogP contribution >= 0.6 is 0 Å². The van der Waals surface area contributed by atoms with Crippen molar-refractivity contribution in [2.75, 3.05) is 5.43 Å². The van der Waals surface area contributed by atoms with E-state index in [1.165, 1.54) is 29.8 Å². The van der Waals surface area contributed by atoms with Crippen LogP contribution in [0.2, 0.25) is 0 Å². The number of anilines is 1. The number of imidazole rings is 1. The lowest BCUT2D eigenvalue weighted by Crippen LogP contribution is -2.29. The Hall–Kier alpha value is -4.74. The van der Waals surface area contributed by atoms with E-state index in [1.807, 2.05) is 0 Å². The van der Waals surface area contributed by atoms with E-state index in [-0.39, 0.29) is 29.7 Å². The molecular formula is C24H20F3N5O4. The number of aromatic hydroxyl groups is 1. The SMILES string of the molecule is Cc1c(O)n(-c2ccc(OC(F)(F)F)cc2)c(=O)n1Cc1ccnc(NNC(=O)c2ccccc2)c1. The molecule has 9 nitrogen and oxygen atoms in total. The van der Waals surface area contributed by atoms with E-state index >= 15 is 0 Å². The molecule has 4 rings (SSSR count). The van der Waals surface area contributed by atoms with Crippen molar-refractivity contribution in [1.29, 1.82) is 0 Å². The number of carbonyl (C=O) groups is 1. The quantitative estimate of drug-likeness (QED) is 0.334. The maximum Gasteiger partial charge on any atom is 0.573 e. The molecule has 2 aromatic heterocycles. The first-order chi connectivity index (χ1) is 17.1. The number of pyridine rings is 1. The van der Waals surface area contributed by atoms with Crippen LogP contribution in [0.4, 0.5) is 19.0 Å². The molecule has 2 heterocycles. The van der Waals surface area contributed by atoms with Gasteiger partial charge in [0, 0.05) is 11.8 Å². The molecule has 0 aliphatic carbocycles. The van der Waals surface area contributed by atoms with Crippen LogP contribution in [0, 0.1) is 6.92 Å². The van der Waals surface area contributed by atoms with Gasteiger partial charge in [0.1, 0.15) is 11.6 Å². The molecule has 0 spiro atoms. The predicted molar refractivity (Wildman–Crippen MR) is 124 cm³/mol. The van der Waals surface area contributed by atoms with Gasteiger partial charge in [-0.05, 0) is 61.0 Å². The number of nitrogens with one attached hydrogen (secondary N) is 2. The number of halogens is 3. The number of hydrogen-bond donors (Lipinski definition) is 3. The van der Waals surface area contributed by atoms with E-state index < -0.39 is 17.8 Å². The van der Waals surface area contributed by atoms with Crippen LogP contribution in [0.25, 0.3) is 5.69 Å². The van der Waals surface area contributed by atoms with Gasteiger partial charge in [0.05, 0.1) is 17.9 Å². The van der Waals surface area contributed by atoms with Crippen molar-refractivity contribution >= 4 is 11.7 Å². The Morgan fingerprint density at radius 2 is 1.78 bits per heavy atom. The highest BCUT2D eigenvalue weighted by Gasteiger charge is 2.31. The fourth-order valence-electron chi connectivity index (χ4n) is 3.46. The van der Waals surface area contributed by atoms with Crippen molar-refractivity contribution in [3.8, 4) is 17.3 Å². The zero-order valence-corrected chi connectivity index (χ0v) is 18.8. The number of carbonyl (C=O) groups excluding carboxylic acids is 1. The second-order valence-corrected chi connectivity index (χ2v) is 7.65. The minimum atomic E-state index is -4.84. The fourth-order valence-corrected chi connectivity index (χ4v) is 3.46. The maximum atomic E-state index is 13.1. The fraction of sp³-hybridized carbons (Fsp3) is 0.125. The summed E-state index contributed by atoms with van der Waals surface area (Å²) < 4.78 is 43.3. The number of rotatable bonds is 7. The zero-order valence-electron chi connectivity index (χ0n) is 18.8. The summed E-state index contributed by atoms with van der Waals surface area (Å²) >= 11 is 0. The van der Waals surface area contributed by atoms with E-state index in [4.69, 9.17) is 0 Å². The number of alkyl halides is 3. The Labute approximate surface area is 202 Å². The normalized spacial score (nSPS) is 11.2. The largest absolute Gasteiger partial charge is 0.573 e. The van der Waals surface area contributed by atoms with Crippen molar-refractivity contribution in [3.05, 3.63) is 100 Å². The van der Waals surface area contributed by atoms with Crippen LogP contribution in [0.5, 0.6) is 11.6 Å². The molecule has 0 radical (unpaired) electrons. The van der Waals surface area contributed by atoms with Gasteiger partial charge in [-0.2, -0.15) is 0 Å². The summed E-state index contributed by atoms with van der Waals surface area (Å²) in [4.78, 5) is 29.4. The van der Waals surface area contributed by atoms with E-state index in [0.29, 0.717) is 16.9 Å². The summed E-state index contributed by atoms with van der Waals surface area (Å²) in [6.07, 6.45) is -3.36.